The van der Waals surface area contributed by atoms with E-state index < -0.39 is 0 Å². The van der Waals surface area contributed by atoms with Crippen LogP contribution in [0.1, 0.15) is 19.5 Å². The molecular weight excluding hydrogens is 254 g/mol. The van der Waals surface area contributed by atoms with Crippen LogP contribution in [0.3, 0.4) is 0 Å². The molecule has 1 aliphatic heterocycles. The summed E-state index contributed by atoms with van der Waals surface area (Å²) in [5.41, 5.74) is 2.01. The maximum Gasteiger partial charge on any atom is 0.231 e. The summed E-state index contributed by atoms with van der Waals surface area (Å²) < 4.78 is 12.5. The summed E-state index contributed by atoms with van der Waals surface area (Å²) in [4.78, 5) is 0. The second kappa shape index (κ2) is 5.54. The molecule has 0 spiro atoms. The zero-order valence-corrected chi connectivity index (χ0v) is 11.8. The standard InChI is InChI=1S/C15H19N3O2/c1-11(2)8-16-9-12-5-6-18(17-12)13-3-4-14-15(7-13)20-10-19-14/h3-7,11,16H,8-10H2,1-2H3. The van der Waals surface area contributed by atoms with E-state index in [-0.39, 0.29) is 0 Å². The number of fused-ring (bicyclic) bond motifs is 1. The van der Waals surface area contributed by atoms with Crippen LogP contribution in [0, 0.1) is 5.92 Å². The predicted molar refractivity (Wildman–Crippen MR) is 76.2 cm³/mol. The summed E-state index contributed by atoms with van der Waals surface area (Å²) in [5.74, 6) is 2.21. The van der Waals surface area contributed by atoms with Crippen molar-refractivity contribution in [2.24, 2.45) is 5.92 Å². The molecule has 0 saturated heterocycles. The van der Waals surface area contributed by atoms with Crippen molar-refractivity contribution in [3.8, 4) is 17.2 Å². The topological polar surface area (TPSA) is 48.3 Å². The Bertz CT molecular complexity index is 593. The zero-order valence-electron chi connectivity index (χ0n) is 11.8. The molecule has 0 saturated carbocycles. The van der Waals surface area contributed by atoms with E-state index >= 15 is 0 Å². The summed E-state index contributed by atoms with van der Waals surface area (Å²) in [5, 5.41) is 7.95. The Balaban J connectivity index is 1.70. The molecule has 0 amide bonds. The first-order valence-corrected chi connectivity index (χ1v) is 6.87. The van der Waals surface area contributed by atoms with E-state index in [1.54, 1.807) is 0 Å². The van der Waals surface area contributed by atoms with E-state index in [4.69, 9.17) is 9.47 Å². The number of nitrogens with zero attached hydrogens (tertiary/aromatic N) is 2. The Morgan fingerprint density at radius 3 is 2.95 bits per heavy atom. The fourth-order valence-electron chi connectivity index (χ4n) is 2.12. The number of ether oxygens (including phenoxy) is 2. The lowest BCUT2D eigenvalue weighted by atomic mass is 10.2. The highest BCUT2D eigenvalue weighted by Crippen LogP contribution is 2.33. The van der Waals surface area contributed by atoms with Gasteiger partial charge in [-0.15, -0.1) is 0 Å². The normalized spacial score (nSPS) is 13.2. The summed E-state index contributed by atoms with van der Waals surface area (Å²) >= 11 is 0. The molecule has 106 valence electrons. The van der Waals surface area contributed by atoms with Crippen LogP contribution < -0.4 is 14.8 Å². The first-order chi connectivity index (χ1) is 9.72. The number of nitrogens with one attached hydrogen (secondary N) is 1. The molecule has 1 N–H and O–H groups in total. The van der Waals surface area contributed by atoms with Gasteiger partial charge in [0.1, 0.15) is 0 Å². The number of hydrogen-bond acceptors (Lipinski definition) is 4. The van der Waals surface area contributed by atoms with Crippen LogP contribution in [0.4, 0.5) is 0 Å². The molecule has 0 fully saturated rings. The van der Waals surface area contributed by atoms with Crippen molar-refractivity contribution in [1.82, 2.24) is 15.1 Å². The molecular formula is C15H19N3O2. The Kier molecular flexibility index (Phi) is 3.60. The van der Waals surface area contributed by atoms with E-state index in [1.807, 2.05) is 35.1 Å². The van der Waals surface area contributed by atoms with Gasteiger partial charge in [0.15, 0.2) is 11.5 Å². The Hall–Kier alpha value is -2.01. The third kappa shape index (κ3) is 2.77. The maximum atomic E-state index is 5.38. The van der Waals surface area contributed by atoms with Crippen LogP contribution in [-0.4, -0.2) is 23.1 Å². The second-order valence-electron chi connectivity index (χ2n) is 5.31. The van der Waals surface area contributed by atoms with Gasteiger partial charge in [-0.05, 0) is 30.7 Å². The quantitative estimate of drug-likeness (QED) is 0.908. The van der Waals surface area contributed by atoms with E-state index in [2.05, 4.69) is 24.3 Å². The second-order valence-corrected chi connectivity index (χ2v) is 5.31. The minimum absolute atomic E-state index is 0.294. The van der Waals surface area contributed by atoms with Gasteiger partial charge in [-0.25, -0.2) is 4.68 Å². The van der Waals surface area contributed by atoms with Crippen LogP contribution in [0.15, 0.2) is 30.5 Å². The number of aromatic nitrogens is 2. The lowest BCUT2D eigenvalue weighted by molar-refractivity contribution is 0.174. The molecule has 0 bridgehead atoms. The van der Waals surface area contributed by atoms with Gasteiger partial charge in [0.05, 0.1) is 11.4 Å². The van der Waals surface area contributed by atoms with Crippen molar-refractivity contribution in [1.29, 1.82) is 0 Å². The highest BCUT2D eigenvalue weighted by molar-refractivity contribution is 5.49. The summed E-state index contributed by atoms with van der Waals surface area (Å²) in [7, 11) is 0. The number of rotatable bonds is 5. The molecule has 0 aliphatic carbocycles. The fraction of sp³-hybridized carbons (Fsp3) is 0.400. The lowest BCUT2D eigenvalue weighted by Gasteiger charge is -2.05. The monoisotopic (exact) mass is 273 g/mol. The van der Waals surface area contributed by atoms with Crippen molar-refractivity contribution < 1.29 is 9.47 Å². The van der Waals surface area contributed by atoms with Crippen LogP contribution in [-0.2, 0) is 6.54 Å². The van der Waals surface area contributed by atoms with Gasteiger partial charge in [0.2, 0.25) is 6.79 Å². The first-order valence-electron chi connectivity index (χ1n) is 6.87. The molecule has 2 aromatic rings. The molecule has 5 heteroatoms. The zero-order chi connectivity index (χ0) is 13.9. The number of benzene rings is 1. The van der Waals surface area contributed by atoms with Crippen molar-refractivity contribution in [3.05, 3.63) is 36.2 Å². The number of hydrogen-bond donors (Lipinski definition) is 1. The van der Waals surface area contributed by atoms with Crippen molar-refractivity contribution >= 4 is 0 Å². The van der Waals surface area contributed by atoms with Gasteiger partial charge in [-0.1, -0.05) is 13.8 Å². The largest absolute Gasteiger partial charge is 0.454 e. The predicted octanol–water partition coefficient (Wildman–Crippen LogP) is 2.35. The van der Waals surface area contributed by atoms with E-state index in [0.29, 0.717) is 12.7 Å². The highest BCUT2D eigenvalue weighted by atomic mass is 16.7. The molecule has 20 heavy (non-hydrogen) atoms. The molecule has 2 heterocycles. The third-order valence-corrected chi connectivity index (χ3v) is 3.12. The van der Waals surface area contributed by atoms with Gasteiger partial charge in [0.25, 0.3) is 0 Å². The molecule has 0 atom stereocenters. The minimum Gasteiger partial charge on any atom is -0.454 e. The van der Waals surface area contributed by atoms with E-state index in [1.165, 1.54) is 0 Å². The third-order valence-electron chi connectivity index (χ3n) is 3.12. The minimum atomic E-state index is 0.294. The van der Waals surface area contributed by atoms with Crippen molar-refractivity contribution in [3.63, 3.8) is 0 Å². The molecule has 3 rings (SSSR count). The highest BCUT2D eigenvalue weighted by Gasteiger charge is 2.14. The Labute approximate surface area is 118 Å². The van der Waals surface area contributed by atoms with Crippen LogP contribution in [0.2, 0.25) is 0 Å². The van der Waals surface area contributed by atoms with Gasteiger partial charge in [0, 0.05) is 18.8 Å². The van der Waals surface area contributed by atoms with Crippen LogP contribution >= 0.6 is 0 Å². The van der Waals surface area contributed by atoms with Gasteiger partial charge < -0.3 is 14.8 Å². The van der Waals surface area contributed by atoms with Crippen molar-refractivity contribution in [2.75, 3.05) is 13.3 Å². The van der Waals surface area contributed by atoms with Gasteiger partial charge in [-0.3, -0.25) is 0 Å². The molecule has 0 unspecified atom stereocenters. The first kappa shape index (κ1) is 13.0. The molecule has 1 aromatic heterocycles. The van der Waals surface area contributed by atoms with E-state index in [0.717, 1.165) is 36.0 Å². The average Bonchev–Trinajstić information content (AvgIpc) is 3.05. The fourth-order valence-corrected chi connectivity index (χ4v) is 2.12. The lowest BCUT2D eigenvalue weighted by Crippen LogP contribution is -2.19. The summed E-state index contributed by atoms with van der Waals surface area (Å²) in [6, 6.07) is 7.86. The summed E-state index contributed by atoms with van der Waals surface area (Å²) in [6.45, 7) is 6.46. The van der Waals surface area contributed by atoms with Crippen molar-refractivity contribution in [2.45, 2.75) is 20.4 Å². The molecule has 5 nitrogen and oxygen atoms in total. The maximum absolute atomic E-state index is 5.38. The Morgan fingerprint density at radius 1 is 1.25 bits per heavy atom. The van der Waals surface area contributed by atoms with Gasteiger partial charge >= 0.3 is 0 Å². The smallest absolute Gasteiger partial charge is 0.231 e. The Morgan fingerprint density at radius 2 is 2.10 bits per heavy atom. The molecule has 1 aliphatic rings. The average molecular weight is 273 g/mol. The van der Waals surface area contributed by atoms with Gasteiger partial charge in [-0.2, -0.15) is 5.10 Å². The van der Waals surface area contributed by atoms with Crippen LogP contribution in [0.5, 0.6) is 11.5 Å². The summed E-state index contributed by atoms with van der Waals surface area (Å²) in [6.07, 6.45) is 1.96. The molecule has 0 radical (unpaired) electrons. The van der Waals surface area contributed by atoms with Crippen LogP contribution in [0.25, 0.3) is 5.69 Å². The SMILES string of the molecule is CC(C)CNCc1ccn(-c2ccc3c(c2)OCO3)n1. The van der Waals surface area contributed by atoms with E-state index in [9.17, 15) is 0 Å². The molecule has 1 aromatic carbocycles.